The van der Waals surface area contributed by atoms with Gasteiger partial charge in [-0.1, -0.05) is 26.0 Å². The lowest BCUT2D eigenvalue weighted by molar-refractivity contribution is 0.0913. The smallest absolute Gasteiger partial charge is 0.264 e. The number of nitrogens with one attached hydrogen (secondary N) is 2. The van der Waals surface area contributed by atoms with E-state index in [1.807, 2.05) is 6.08 Å². The molecule has 170 valence electrons. The summed E-state index contributed by atoms with van der Waals surface area (Å²) >= 11 is 0. The van der Waals surface area contributed by atoms with Crippen molar-refractivity contribution in [2.45, 2.75) is 37.6 Å². The summed E-state index contributed by atoms with van der Waals surface area (Å²) < 4.78 is 39.7. The normalized spacial score (nSPS) is 20.5. The number of ether oxygens (including phenoxy) is 2. The monoisotopic (exact) mass is 458 g/mol. The van der Waals surface area contributed by atoms with Gasteiger partial charge >= 0.3 is 0 Å². The summed E-state index contributed by atoms with van der Waals surface area (Å²) in [6.07, 6.45) is 3.25. The first-order valence-electron chi connectivity index (χ1n) is 10.5. The van der Waals surface area contributed by atoms with Crippen molar-refractivity contribution in [3.63, 3.8) is 0 Å². The summed E-state index contributed by atoms with van der Waals surface area (Å²) in [5.74, 6) is 0.0987. The summed E-state index contributed by atoms with van der Waals surface area (Å²) in [6.45, 7) is 5.33. The number of sulfonamides is 1. The first kappa shape index (κ1) is 22.2. The van der Waals surface area contributed by atoms with E-state index in [-0.39, 0.29) is 40.8 Å². The van der Waals surface area contributed by atoms with E-state index in [1.54, 1.807) is 12.1 Å². The molecule has 0 radical (unpaired) electrons. The van der Waals surface area contributed by atoms with Crippen molar-refractivity contribution in [3.05, 3.63) is 47.7 Å². The van der Waals surface area contributed by atoms with E-state index >= 15 is 0 Å². The van der Waals surface area contributed by atoms with E-state index in [1.165, 1.54) is 18.2 Å². The molecule has 2 N–H and O–H groups in total. The summed E-state index contributed by atoms with van der Waals surface area (Å²) in [6, 6.07) is 7.28. The van der Waals surface area contributed by atoms with Gasteiger partial charge in [0.05, 0.1) is 29.8 Å². The minimum atomic E-state index is -4.02. The van der Waals surface area contributed by atoms with Crippen molar-refractivity contribution >= 4 is 27.5 Å². The molecular weight excluding hydrogens is 432 g/mol. The zero-order valence-corrected chi connectivity index (χ0v) is 18.8. The predicted molar refractivity (Wildman–Crippen MR) is 119 cm³/mol. The second-order valence-corrected chi connectivity index (χ2v) is 9.90. The molecule has 0 aliphatic carbocycles. The van der Waals surface area contributed by atoms with Gasteiger partial charge in [0.15, 0.2) is 0 Å². The minimum Gasteiger partial charge on any atom is -0.475 e. The third-order valence-electron chi connectivity index (χ3n) is 5.15. The zero-order valence-electron chi connectivity index (χ0n) is 18.0. The van der Waals surface area contributed by atoms with Gasteiger partial charge in [-0.2, -0.15) is 4.98 Å². The van der Waals surface area contributed by atoms with Crippen molar-refractivity contribution in [1.29, 1.82) is 0 Å². The number of nitrogens with zero attached hydrogens (tertiary/aromatic N) is 2. The molecule has 4 bridgehead atoms. The molecule has 1 amide bonds. The first-order valence-corrected chi connectivity index (χ1v) is 12.0. The Bertz CT molecular complexity index is 1150. The van der Waals surface area contributed by atoms with Crippen LogP contribution < -0.4 is 14.8 Å². The lowest BCUT2D eigenvalue weighted by Crippen LogP contribution is -2.40. The molecule has 2 aliphatic heterocycles. The molecule has 0 fully saturated rings. The Hall–Kier alpha value is -2.98. The maximum Gasteiger partial charge on any atom is 0.264 e. The average Bonchev–Trinajstić information content (AvgIpc) is 2.77. The predicted octanol–water partition coefficient (Wildman–Crippen LogP) is 2.62. The Labute approximate surface area is 187 Å². The zero-order chi connectivity index (χ0) is 22.7. The maximum atomic E-state index is 13.0. The topological polar surface area (TPSA) is 120 Å². The molecule has 1 atom stereocenters. The number of hydrogen-bond donors (Lipinski definition) is 2. The van der Waals surface area contributed by atoms with E-state index in [2.05, 4.69) is 33.9 Å². The quantitative estimate of drug-likeness (QED) is 0.725. The summed E-state index contributed by atoms with van der Waals surface area (Å²) in [7, 11) is -4.02. The molecule has 4 rings (SSSR count). The van der Waals surface area contributed by atoms with Gasteiger partial charge in [-0.3, -0.25) is 4.79 Å². The van der Waals surface area contributed by atoms with E-state index in [9.17, 15) is 13.2 Å². The molecule has 0 unspecified atom stereocenters. The fourth-order valence-corrected chi connectivity index (χ4v) is 4.63. The third-order valence-corrected chi connectivity index (χ3v) is 6.48. The van der Waals surface area contributed by atoms with Crippen molar-refractivity contribution in [2.75, 3.05) is 24.5 Å². The maximum absolute atomic E-state index is 13.0. The summed E-state index contributed by atoms with van der Waals surface area (Å²) in [5, 5.41) is 2.96. The van der Waals surface area contributed by atoms with Crippen LogP contribution in [0, 0.1) is 5.92 Å². The van der Waals surface area contributed by atoms with Crippen LogP contribution in [0.2, 0.25) is 0 Å². The molecule has 2 aliphatic rings. The van der Waals surface area contributed by atoms with Crippen molar-refractivity contribution < 1.29 is 22.7 Å². The van der Waals surface area contributed by atoms with Gasteiger partial charge in [0, 0.05) is 11.6 Å². The number of carbonyl (C=O) groups excluding carboxylic acids is 1. The van der Waals surface area contributed by atoms with Crippen LogP contribution in [-0.4, -0.2) is 50.2 Å². The Morgan fingerprint density at radius 3 is 2.81 bits per heavy atom. The van der Waals surface area contributed by atoms with Gasteiger partial charge in [0.1, 0.15) is 6.61 Å². The molecule has 0 saturated carbocycles. The number of fused-ring (bicyclic) bond motifs is 4. The number of carbonyl (C=O) groups is 1. The third kappa shape index (κ3) is 5.25. The Balaban J connectivity index is 1.78. The highest BCUT2D eigenvalue weighted by Crippen LogP contribution is 2.25. The van der Waals surface area contributed by atoms with Crippen LogP contribution in [0.4, 0.5) is 5.95 Å². The minimum absolute atomic E-state index is 0.0495. The average molecular weight is 459 g/mol. The largest absolute Gasteiger partial charge is 0.475 e. The lowest BCUT2D eigenvalue weighted by atomic mass is 10.0. The lowest BCUT2D eigenvalue weighted by Gasteiger charge is -2.21. The fraction of sp³-hybridized carbons (Fsp3) is 0.409. The number of benzene rings is 1. The molecular formula is C22H26N4O5S. The highest BCUT2D eigenvalue weighted by molar-refractivity contribution is 7.92. The molecule has 3 heterocycles. The highest BCUT2D eigenvalue weighted by atomic mass is 32.2. The van der Waals surface area contributed by atoms with Crippen LogP contribution in [0.15, 0.2) is 41.3 Å². The van der Waals surface area contributed by atoms with Gasteiger partial charge in [0.2, 0.25) is 11.8 Å². The molecule has 1 aromatic carbocycles. The van der Waals surface area contributed by atoms with Gasteiger partial charge in [-0.05, 0) is 42.5 Å². The second kappa shape index (κ2) is 9.25. The molecule has 32 heavy (non-hydrogen) atoms. The van der Waals surface area contributed by atoms with Crippen LogP contribution >= 0.6 is 0 Å². The number of aromatic nitrogens is 2. The van der Waals surface area contributed by atoms with E-state index in [4.69, 9.17) is 9.47 Å². The van der Waals surface area contributed by atoms with Gasteiger partial charge < -0.3 is 14.8 Å². The van der Waals surface area contributed by atoms with Crippen LogP contribution in [0.25, 0.3) is 5.57 Å². The van der Waals surface area contributed by atoms with E-state index in [0.29, 0.717) is 37.7 Å². The van der Waals surface area contributed by atoms with E-state index in [0.717, 1.165) is 5.57 Å². The van der Waals surface area contributed by atoms with Crippen molar-refractivity contribution in [2.24, 2.45) is 5.92 Å². The number of rotatable bonds is 3. The SMILES string of the molecule is CC(C)C[C@@H]1COc2cc(C3=CCOCC3)nc(n2)NS(=O)(=O)c2cccc(c2)C(=O)N1. The number of amides is 1. The Morgan fingerprint density at radius 1 is 1.22 bits per heavy atom. The second-order valence-electron chi connectivity index (χ2n) is 8.21. The molecule has 0 spiro atoms. The van der Waals surface area contributed by atoms with Crippen molar-refractivity contribution in [1.82, 2.24) is 15.3 Å². The van der Waals surface area contributed by atoms with Crippen LogP contribution in [0.3, 0.4) is 0 Å². The Kier molecular flexibility index (Phi) is 6.43. The van der Waals surface area contributed by atoms with Gasteiger partial charge in [-0.15, -0.1) is 0 Å². The molecule has 10 heteroatoms. The van der Waals surface area contributed by atoms with Crippen LogP contribution in [0.1, 0.15) is 42.7 Å². The molecule has 1 aromatic heterocycles. The fourth-order valence-electron chi connectivity index (χ4n) is 3.64. The highest BCUT2D eigenvalue weighted by Gasteiger charge is 2.23. The molecule has 0 saturated heterocycles. The van der Waals surface area contributed by atoms with Gasteiger partial charge in [-0.25, -0.2) is 18.1 Å². The van der Waals surface area contributed by atoms with Crippen LogP contribution in [-0.2, 0) is 14.8 Å². The van der Waals surface area contributed by atoms with Crippen molar-refractivity contribution in [3.8, 4) is 5.88 Å². The Morgan fingerprint density at radius 2 is 2.06 bits per heavy atom. The van der Waals surface area contributed by atoms with E-state index < -0.39 is 10.0 Å². The first-order chi connectivity index (χ1) is 15.3. The standard InChI is InChI=1S/C22H26N4O5S/c1-14(2)10-17-13-31-20-12-19(15-6-8-30-9-7-15)24-22(25-20)26-32(28,29)18-5-3-4-16(11-18)21(27)23-17/h3-6,11-12,14,17H,7-10,13H2,1-2H3,(H,23,27)(H,24,25,26)/t17-/m1/s1. The number of hydrogen-bond acceptors (Lipinski definition) is 7. The number of anilines is 1. The summed E-state index contributed by atoms with van der Waals surface area (Å²) in [5.41, 5.74) is 1.76. The van der Waals surface area contributed by atoms with Crippen LogP contribution in [0.5, 0.6) is 5.88 Å². The summed E-state index contributed by atoms with van der Waals surface area (Å²) in [4.78, 5) is 21.4. The molecule has 9 nitrogen and oxygen atoms in total. The van der Waals surface area contributed by atoms with Gasteiger partial charge in [0.25, 0.3) is 15.9 Å². The molecule has 2 aromatic rings.